The lowest BCUT2D eigenvalue weighted by molar-refractivity contribution is -0.120. The van der Waals surface area contributed by atoms with Gasteiger partial charge in [0.25, 0.3) is 0 Å². The van der Waals surface area contributed by atoms with Gasteiger partial charge in [0.15, 0.2) is 0 Å². The number of nitrogens with one attached hydrogen (secondary N) is 4. The van der Waals surface area contributed by atoms with Crippen LogP contribution in [0.4, 0.5) is 0 Å². The van der Waals surface area contributed by atoms with Crippen molar-refractivity contribution in [3.8, 4) is 39.4 Å². The van der Waals surface area contributed by atoms with Gasteiger partial charge in [0.2, 0.25) is 11.8 Å². The SMILES string of the molecule is COc1cc(-c2nccc(-c3ccnc(-c4cnc5c(CNC[C@H]6CCC(=O)N6)cn(C)c5c4)c3Cl)c2Cl)ccc1CNC[C@H]1CCC(=O)N1. The molecule has 2 aliphatic rings. The fraction of sp³-hybridized carbons (Fsp3) is 0.324. The van der Waals surface area contributed by atoms with Gasteiger partial charge in [-0.15, -0.1) is 0 Å². The minimum atomic E-state index is 0.104. The molecule has 0 bridgehead atoms. The van der Waals surface area contributed by atoms with E-state index < -0.39 is 0 Å². The molecule has 0 aliphatic carbocycles. The Morgan fingerprint density at radius 3 is 2.00 bits per heavy atom. The maximum absolute atomic E-state index is 11.5. The molecule has 0 spiro atoms. The number of pyridine rings is 3. The summed E-state index contributed by atoms with van der Waals surface area (Å²) in [5, 5.41) is 13.8. The first-order valence-electron chi connectivity index (χ1n) is 16.7. The Balaban J connectivity index is 1.11. The van der Waals surface area contributed by atoms with Crippen LogP contribution in [0.1, 0.15) is 36.8 Å². The van der Waals surface area contributed by atoms with Gasteiger partial charge in [0.05, 0.1) is 39.6 Å². The van der Waals surface area contributed by atoms with E-state index in [1.165, 1.54) is 0 Å². The largest absolute Gasteiger partial charge is 0.496 e. The molecule has 4 N–H and O–H groups in total. The maximum Gasteiger partial charge on any atom is 0.220 e. The minimum absolute atomic E-state index is 0.104. The van der Waals surface area contributed by atoms with Crippen LogP contribution in [0.3, 0.4) is 0 Å². The van der Waals surface area contributed by atoms with Crippen molar-refractivity contribution < 1.29 is 14.3 Å². The number of fused-ring (bicyclic) bond motifs is 1. The Kier molecular flexibility index (Phi) is 10.0. The third-order valence-corrected chi connectivity index (χ3v) is 10.2. The molecule has 2 fully saturated rings. The normalized spacial score (nSPS) is 17.4. The number of nitrogens with zero attached hydrogens (tertiary/aromatic N) is 4. The number of hydrogen-bond acceptors (Lipinski definition) is 8. The highest BCUT2D eigenvalue weighted by molar-refractivity contribution is 6.39. The molecule has 2 aliphatic heterocycles. The lowest BCUT2D eigenvalue weighted by Gasteiger charge is -2.15. The van der Waals surface area contributed by atoms with Gasteiger partial charge < -0.3 is 30.6 Å². The lowest BCUT2D eigenvalue weighted by atomic mass is 10.0. The second-order valence-electron chi connectivity index (χ2n) is 12.8. The van der Waals surface area contributed by atoms with Crippen LogP contribution < -0.4 is 26.0 Å². The van der Waals surface area contributed by atoms with Crippen LogP contribution in [0, 0.1) is 0 Å². The fourth-order valence-corrected chi connectivity index (χ4v) is 7.41. The Morgan fingerprint density at radius 1 is 0.820 bits per heavy atom. The van der Waals surface area contributed by atoms with E-state index in [0.29, 0.717) is 66.2 Å². The molecular weight excluding hydrogens is 675 g/mol. The summed E-state index contributed by atoms with van der Waals surface area (Å²) in [6.45, 7) is 2.64. The monoisotopic (exact) mass is 712 g/mol. The van der Waals surface area contributed by atoms with Crippen LogP contribution in [-0.4, -0.2) is 63.6 Å². The van der Waals surface area contributed by atoms with Crippen LogP contribution in [0.2, 0.25) is 10.0 Å². The van der Waals surface area contributed by atoms with Crippen molar-refractivity contribution in [2.24, 2.45) is 7.05 Å². The zero-order valence-electron chi connectivity index (χ0n) is 27.9. The smallest absolute Gasteiger partial charge is 0.220 e. The quantitative estimate of drug-likeness (QED) is 0.135. The Hall–Kier alpha value is -4.55. The summed E-state index contributed by atoms with van der Waals surface area (Å²) in [6.07, 6.45) is 10.2. The summed E-state index contributed by atoms with van der Waals surface area (Å²) < 4.78 is 7.79. The van der Waals surface area contributed by atoms with E-state index in [2.05, 4.69) is 42.0 Å². The number of amides is 2. The summed E-state index contributed by atoms with van der Waals surface area (Å²) in [6, 6.07) is 12.0. The first kappa shape index (κ1) is 33.9. The summed E-state index contributed by atoms with van der Waals surface area (Å²) in [5.74, 6) is 0.929. The Morgan fingerprint density at radius 2 is 1.42 bits per heavy atom. The van der Waals surface area contributed by atoms with E-state index in [1.807, 2.05) is 43.4 Å². The maximum atomic E-state index is 11.5. The van der Waals surface area contributed by atoms with Gasteiger partial charge in [0, 0.05) is 116 Å². The van der Waals surface area contributed by atoms with Gasteiger partial charge >= 0.3 is 0 Å². The van der Waals surface area contributed by atoms with E-state index >= 15 is 0 Å². The number of carbonyl (C=O) groups excluding carboxylic acids is 2. The van der Waals surface area contributed by atoms with Crippen LogP contribution in [0.15, 0.2) is 61.2 Å². The van der Waals surface area contributed by atoms with Crippen molar-refractivity contribution in [2.45, 2.75) is 50.9 Å². The number of carbonyl (C=O) groups is 2. The number of ether oxygens (including phenoxy) is 1. The second kappa shape index (κ2) is 14.7. The molecule has 258 valence electrons. The van der Waals surface area contributed by atoms with Crippen LogP contribution in [0.5, 0.6) is 5.75 Å². The highest BCUT2D eigenvalue weighted by atomic mass is 35.5. The number of aromatic nitrogens is 4. The molecule has 0 unspecified atom stereocenters. The standard InChI is InChI=1S/C37H38Cl2N8O3/c1-47-20-24(16-41-19-26-6-8-32(49)46-26)35-29(47)13-23(17-44-35)37-34(39)28(10-12-43-37)27-9-11-42-36(33(27)38)21-3-4-22(30(14-21)50-2)15-40-18-25-5-7-31(48)45-25/h3-4,9-14,17,20,25-26,40-41H,5-8,15-16,18-19H2,1-2H3,(H,45,48)(H,46,49)/t25-,26-/m1/s1. The molecule has 4 aromatic heterocycles. The number of aryl methyl sites for hydroxylation is 1. The third kappa shape index (κ3) is 7.04. The van der Waals surface area contributed by atoms with E-state index in [0.717, 1.165) is 57.3 Å². The fourth-order valence-electron chi connectivity index (χ4n) is 6.76. The minimum Gasteiger partial charge on any atom is -0.496 e. The van der Waals surface area contributed by atoms with Gasteiger partial charge in [-0.05, 0) is 37.1 Å². The van der Waals surface area contributed by atoms with Crippen molar-refractivity contribution in [2.75, 3.05) is 20.2 Å². The van der Waals surface area contributed by atoms with Crippen LogP contribution >= 0.6 is 23.2 Å². The molecule has 13 heteroatoms. The van der Waals surface area contributed by atoms with E-state index in [9.17, 15) is 9.59 Å². The summed E-state index contributed by atoms with van der Waals surface area (Å²) in [4.78, 5) is 37.1. The highest BCUT2D eigenvalue weighted by Crippen LogP contribution is 2.41. The van der Waals surface area contributed by atoms with Gasteiger partial charge in [-0.25, -0.2) is 0 Å². The second-order valence-corrected chi connectivity index (χ2v) is 13.5. The van der Waals surface area contributed by atoms with Crippen LogP contribution in [-0.2, 0) is 29.7 Å². The molecule has 0 saturated carbocycles. The molecule has 50 heavy (non-hydrogen) atoms. The van der Waals surface area contributed by atoms with Crippen molar-refractivity contribution >= 4 is 46.0 Å². The number of halogens is 2. The predicted molar refractivity (Wildman–Crippen MR) is 195 cm³/mol. The van der Waals surface area contributed by atoms with Gasteiger partial charge in [-0.1, -0.05) is 35.3 Å². The topological polar surface area (TPSA) is 135 Å². The van der Waals surface area contributed by atoms with E-state index in [4.69, 9.17) is 32.9 Å². The molecule has 2 amide bonds. The molecule has 2 atom stereocenters. The number of benzene rings is 1. The van der Waals surface area contributed by atoms with Crippen molar-refractivity contribution in [1.82, 2.24) is 40.8 Å². The zero-order chi connectivity index (χ0) is 34.8. The molecule has 2 saturated heterocycles. The molecule has 11 nitrogen and oxygen atoms in total. The molecule has 1 aromatic carbocycles. The summed E-state index contributed by atoms with van der Waals surface area (Å²) in [7, 11) is 3.63. The summed E-state index contributed by atoms with van der Waals surface area (Å²) in [5.41, 5.74) is 8.17. The lowest BCUT2D eigenvalue weighted by Crippen LogP contribution is -2.35. The number of methoxy groups -OCH3 is 1. The van der Waals surface area contributed by atoms with Crippen molar-refractivity contribution in [3.05, 3.63) is 82.4 Å². The zero-order valence-corrected chi connectivity index (χ0v) is 29.4. The van der Waals surface area contributed by atoms with Gasteiger partial charge in [-0.3, -0.25) is 24.5 Å². The molecule has 0 radical (unpaired) electrons. The van der Waals surface area contributed by atoms with E-state index in [-0.39, 0.29) is 23.9 Å². The number of hydrogen-bond donors (Lipinski definition) is 4. The molecule has 6 heterocycles. The van der Waals surface area contributed by atoms with Gasteiger partial charge in [0.1, 0.15) is 5.75 Å². The predicted octanol–water partition coefficient (Wildman–Crippen LogP) is 5.42. The molecule has 5 aromatic rings. The molecule has 7 rings (SSSR count). The average molecular weight is 714 g/mol. The Labute approximate surface area is 300 Å². The summed E-state index contributed by atoms with van der Waals surface area (Å²) >= 11 is 14.2. The van der Waals surface area contributed by atoms with E-state index in [1.54, 1.807) is 25.7 Å². The third-order valence-electron chi connectivity index (χ3n) is 9.39. The first-order valence-corrected chi connectivity index (χ1v) is 17.5. The number of rotatable bonds is 12. The average Bonchev–Trinajstić information content (AvgIpc) is 3.83. The van der Waals surface area contributed by atoms with Crippen LogP contribution in [0.25, 0.3) is 44.7 Å². The van der Waals surface area contributed by atoms with Crippen molar-refractivity contribution in [1.29, 1.82) is 0 Å². The van der Waals surface area contributed by atoms with Gasteiger partial charge in [-0.2, -0.15) is 0 Å². The highest BCUT2D eigenvalue weighted by Gasteiger charge is 2.22. The van der Waals surface area contributed by atoms with Crippen molar-refractivity contribution in [3.63, 3.8) is 0 Å². The Bertz CT molecular complexity index is 2080. The first-order chi connectivity index (χ1) is 24.3. The molecular formula is C37H38Cl2N8O3.